The van der Waals surface area contributed by atoms with Crippen molar-refractivity contribution in [2.45, 2.75) is 51.7 Å². The van der Waals surface area contributed by atoms with Gasteiger partial charge in [-0.2, -0.15) is 0 Å². The predicted octanol–water partition coefficient (Wildman–Crippen LogP) is 3.71. The topological polar surface area (TPSA) is 12.5 Å². The van der Waals surface area contributed by atoms with E-state index in [1.165, 1.54) is 36.8 Å². The van der Waals surface area contributed by atoms with Gasteiger partial charge in [0.1, 0.15) is 0 Å². The van der Waals surface area contributed by atoms with Gasteiger partial charge in [-0.1, -0.05) is 31.2 Å². The fourth-order valence-corrected chi connectivity index (χ4v) is 4.06. The average Bonchev–Trinajstić information content (AvgIpc) is 2.93. The molecule has 0 aromatic heterocycles. The van der Waals surface area contributed by atoms with Gasteiger partial charge in [0.05, 0.1) is 12.2 Å². The molecule has 0 aromatic carbocycles. The van der Waals surface area contributed by atoms with Crippen molar-refractivity contribution in [3.05, 3.63) is 24.3 Å². The lowest BCUT2D eigenvalue weighted by molar-refractivity contribution is 0.0982. The van der Waals surface area contributed by atoms with Gasteiger partial charge in [-0.25, -0.2) is 0 Å². The van der Waals surface area contributed by atoms with E-state index in [1.807, 2.05) is 0 Å². The third kappa shape index (κ3) is 1.27. The molecule has 1 heterocycles. The second-order valence-electron chi connectivity index (χ2n) is 6.18. The molecular weight excluding hydrogens is 196 g/mol. The molecule has 1 nitrogen and oxygen atoms in total. The molecule has 3 aliphatic rings. The van der Waals surface area contributed by atoms with E-state index in [-0.39, 0.29) is 0 Å². The Hall–Kier alpha value is -0.560. The summed E-state index contributed by atoms with van der Waals surface area (Å²) in [7, 11) is 0. The van der Waals surface area contributed by atoms with E-state index >= 15 is 0 Å². The van der Waals surface area contributed by atoms with Crippen molar-refractivity contribution >= 4 is 0 Å². The fourth-order valence-electron chi connectivity index (χ4n) is 4.06. The van der Waals surface area contributed by atoms with E-state index in [4.69, 9.17) is 4.74 Å². The molecule has 1 spiro atoms. The van der Waals surface area contributed by atoms with Crippen molar-refractivity contribution < 1.29 is 4.74 Å². The monoisotopic (exact) mass is 218 g/mol. The van der Waals surface area contributed by atoms with Gasteiger partial charge in [0.25, 0.3) is 0 Å². The van der Waals surface area contributed by atoms with Crippen LogP contribution in [0.25, 0.3) is 0 Å². The summed E-state index contributed by atoms with van der Waals surface area (Å²) in [5, 5.41) is 0. The number of epoxide rings is 1. The highest BCUT2D eigenvalue weighted by Gasteiger charge is 2.62. The first-order valence-corrected chi connectivity index (χ1v) is 6.54. The van der Waals surface area contributed by atoms with E-state index in [0.29, 0.717) is 29.5 Å². The minimum Gasteiger partial charge on any atom is -0.369 e. The fraction of sp³-hybridized carbons (Fsp3) is 0.733. The highest BCUT2D eigenvalue weighted by atomic mass is 16.6. The number of hydrogen-bond acceptors (Lipinski definition) is 1. The number of hydrogen-bond donors (Lipinski definition) is 0. The maximum Gasteiger partial charge on any atom is 0.0876 e. The van der Waals surface area contributed by atoms with Crippen LogP contribution >= 0.6 is 0 Å². The van der Waals surface area contributed by atoms with Crippen molar-refractivity contribution in [2.24, 2.45) is 17.3 Å². The first-order chi connectivity index (χ1) is 7.54. The van der Waals surface area contributed by atoms with Crippen molar-refractivity contribution in [2.75, 3.05) is 0 Å². The molecule has 5 atom stereocenters. The van der Waals surface area contributed by atoms with Crippen molar-refractivity contribution in [3.8, 4) is 0 Å². The van der Waals surface area contributed by atoms with Gasteiger partial charge in [0.2, 0.25) is 0 Å². The Labute approximate surface area is 98.6 Å². The molecule has 1 saturated heterocycles. The highest BCUT2D eigenvalue weighted by molar-refractivity contribution is 5.26. The van der Waals surface area contributed by atoms with Crippen LogP contribution in [0.5, 0.6) is 0 Å². The van der Waals surface area contributed by atoms with Crippen molar-refractivity contribution in [1.29, 1.82) is 0 Å². The van der Waals surface area contributed by atoms with Gasteiger partial charge in [-0.3, -0.25) is 0 Å². The Kier molecular flexibility index (Phi) is 2.13. The normalized spacial score (nSPS) is 50.5. The summed E-state index contributed by atoms with van der Waals surface area (Å²) >= 11 is 0. The molecule has 0 aromatic rings. The average molecular weight is 218 g/mol. The zero-order chi connectivity index (χ0) is 11.5. The van der Waals surface area contributed by atoms with E-state index < -0.39 is 0 Å². The van der Waals surface area contributed by atoms with Crippen LogP contribution in [0, 0.1) is 17.3 Å². The molecule has 0 amide bonds. The Morgan fingerprint density at radius 1 is 1.44 bits per heavy atom. The highest BCUT2D eigenvalue weighted by Crippen LogP contribution is 2.63. The second-order valence-corrected chi connectivity index (χ2v) is 6.18. The standard InChI is InChI=1S/C15H22O/c1-9(2)12-6-5-10(3)15(7-12)8-13-14(16-13)11(15)4/h11-14H,1,3,5-8H2,2,4H3/t11-,12+,13-,14+,15+/m0/s1. The largest absolute Gasteiger partial charge is 0.369 e. The summed E-state index contributed by atoms with van der Waals surface area (Å²) in [4.78, 5) is 0. The minimum atomic E-state index is 0.384. The lowest BCUT2D eigenvalue weighted by atomic mass is 9.61. The van der Waals surface area contributed by atoms with Gasteiger partial charge in [-0.05, 0) is 49.9 Å². The molecule has 3 fully saturated rings. The molecular formula is C15H22O. The van der Waals surface area contributed by atoms with Crippen LogP contribution < -0.4 is 0 Å². The summed E-state index contributed by atoms with van der Waals surface area (Å²) in [6, 6.07) is 0. The molecule has 16 heavy (non-hydrogen) atoms. The number of rotatable bonds is 1. The Morgan fingerprint density at radius 3 is 2.75 bits per heavy atom. The first kappa shape index (κ1) is 10.6. The molecule has 3 rings (SSSR count). The van der Waals surface area contributed by atoms with Crippen LogP contribution in [0.4, 0.5) is 0 Å². The zero-order valence-electron chi connectivity index (χ0n) is 10.5. The van der Waals surface area contributed by atoms with E-state index in [0.717, 1.165) is 0 Å². The summed E-state index contributed by atoms with van der Waals surface area (Å²) < 4.78 is 5.67. The smallest absolute Gasteiger partial charge is 0.0876 e. The SMILES string of the molecule is C=C(C)[C@@H]1CCC(=C)[C@@]2(C1)C[C@@H]1O[C@@H]1[C@@H]2C. The lowest BCUT2D eigenvalue weighted by Gasteiger charge is -2.44. The Morgan fingerprint density at radius 2 is 2.19 bits per heavy atom. The molecule has 1 aliphatic heterocycles. The summed E-state index contributed by atoms with van der Waals surface area (Å²) in [5.41, 5.74) is 3.24. The molecule has 88 valence electrons. The summed E-state index contributed by atoms with van der Waals surface area (Å²) in [6.45, 7) is 13.1. The van der Waals surface area contributed by atoms with Gasteiger partial charge < -0.3 is 4.74 Å². The van der Waals surface area contributed by atoms with Crippen LogP contribution in [0.2, 0.25) is 0 Å². The van der Waals surface area contributed by atoms with Crippen LogP contribution in [0.3, 0.4) is 0 Å². The molecule has 0 unspecified atom stereocenters. The number of fused-ring (bicyclic) bond motifs is 1. The van der Waals surface area contributed by atoms with Crippen LogP contribution in [0.15, 0.2) is 24.3 Å². The third-order valence-corrected chi connectivity index (χ3v) is 5.36. The lowest BCUT2D eigenvalue weighted by Crippen LogP contribution is -2.36. The first-order valence-electron chi connectivity index (χ1n) is 6.54. The van der Waals surface area contributed by atoms with Gasteiger partial charge in [0.15, 0.2) is 0 Å². The maximum atomic E-state index is 5.67. The molecule has 0 bridgehead atoms. The van der Waals surface area contributed by atoms with E-state index in [9.17, 15) is 0 Å². The second kappa shape index (κ2) is 3.22. The Balaban J connectivity index is 1.87. The molecule has 2 aliphatic carbocycles. The summed E-state index contributed by atoms with van der Waals surface area (Å²) in [5.74, 6) is 1.39. The number of allylic oxidation sites excluding steroid dienone is 2. The van der Waals surface area contributed by atoms with Crippen molar-refractivity contribution in [1.82, 2.24) is 0 Å². The predicted molar refractivity (Wildman–Crippen MR) is 66.2 cm³/mol. The molecule has 2 saturated carbocycles. The van der Waals surface area contributed by atoms with E-state index in [1.54, 1.807) is 0 Å². The summed E-state index contributed by atoms with van der Waals surface area (Å²) in [6.07, 6.45) is 6.05. The van der Waals surface area contributed by atoms with Crippen LogP contribution in [0.1, 0.15) is 39.5 Å². The van der Waals surface area contributed by atoms with Crippen molar-refractivity contribution in [3.63, 3.8) is 0 Å². The van der Waals surface area contributed by atoms with Crippen LogP contribution in [-0.4, -0.2) is 12.2 Å². The van der Waals surface area contributed by atoms with Gasteiger partial charge in [-0.15, -0.1) is 0 Å². The zero-order valence-corrected chi connectivity index (χ0v) is 10.5. The Bertz CT molecular complexity index is 356. The van der Waals surface area contributed by atoms with Crippen LogP contribution in [-0.2, 0) is 4.74 Å². The molecule has 1 heteroatoms. The number of ether oxygens (including phenoxy) is 1. The van der Waals surface area contributed by atoms with Gasteiger partial charge in [0, 0.05) is 0 Å². The minimum absolute atomic E-state index is 0.384. The quantitative estimate of drug-likeness (QED) is 0.483. The molecule has 0 N–H and O–H groups in total. The third-order valence-electron chi connectivity index (χ3n) is 5.36. The van der Waals surface area contributed by atoms with Gasteiger partial charge >= 0.3 is 0 Å². The van der Waals surface area contributed by atoms with E-state index in [2.05, 4.69) is 27.0 Å². The maximum absolute atomic E-state index is 5.67. The molecule has 0 radical (unpaired) electrons.